The first-order valence-corrected chi connectivity index (χ1v) is 7.22. The number of rotatable bonds is 2. The molecule has 2 unspecified atom stereocenters. The van der Waals surface area contributed by atoms with Gasteiger partial charge in [0.1, 0.15) is 5.82 Å². The van der Waals surface area contributed by atoms with Crippen LogP contribution < -0.4 is 10.6 Å². The molecule has 1 aromatic carbocycles. The number of hydrogen-bond acceptors (Lipinski definition) is 2. The van der Waals surface area contributed by atoms with Gasteiger partial charge in [0.2, 0.25) is 0 Å². The molecule has 2 nitrogen and oxygen atoms in total. The van der Waals surface area contributed by atoms with Crippen LogP contribution in [0.4, 0.5) is 10.1 Å². The van der Waals surface area contributed by atoms with Crippen LogP contribution in [0.15, 0.2) is 12.1 Å². The number of hydrogen-bond donors (Lipinski definition) is 1. The van der Waals surface area contributed by atoms with E-state index in [9.17, 15) is 4.39 Å². The SMILES string of the molecule is Cc1cc(N2CCC(C)CC2C)c([C@H](C)N)cc1F. The lowest BCUT2D eigenvalue weighted by Gasteiger charge is -2.40. The number of nitrogens with two attached hydrogens (primary N) is 1. The summed E-state index contributed by atoms with van der Waals surface area (Å²) >= 11 is 0. The summed E-state index contributed by atoms with van der Waals surface area (Å²) in [6.45, 7) is 9.33. The van der Waals surface area contributed by atoms with E-state index in [2.05, 4.69) is 18.7 Å². The molecule has 1 aromatic rings. The van der Waals surface area contributed by atoms with Crippen LogP contribution in [0.25, 0.3) is 0 Å². The molecule has 0 bridgehead atoms. The minimum absolute atomic E-state index is 0.142. The molecule has 2 N–H and O–H groups in total. The Morgan fingerprint density at radius 1 is 1.37 bits per heavy atom. The summed E-state index contributed by atoms with van der Waals surface area (Å²) in [6, 6.07) is 3.92. The van der Waals surface area contributed by atoms with E-state index >= 15 is 0 Å². The Hall–Kier alpha value is -1.09. The Balaban J connectivity index is 2.40. The van der Waals surface area contributed by atoms with Crippen molar-refractivity contribution in [2.45, 2.75) is 52.6 Å². The van der Waals surface area contributed by atoms with Crippen LogP contribution in [0.1, 0.15) is 50.8 Å². The maximum absolute atomic E-state index is 13.8. The van der Waals surface area contributed by atoms with Gasteiger partial charge in [0.05, 0.1) is 0 Å². The zero-order valence-corrected chi connectivity index (χ0v) is 12.4. The van der Waals surface area contributed by atoms with Crippen LogP contribution in [0.5, 0.6) is 0 Å². The topological polar surface area (TPSA) is 29.3 Å². The molecule has 106 valence electrons. The summed E-state index contributed by atoms with van der Waals surface area (Å²) in [7, 11) is 0. The molecular formula is C16H25FN2. The van der Waals surface area contributed by atoms with Crippen LogP contribution in [0.3, 0.4) is 0 Å². The van der Waals surface area contributed by atoms with E-state index in [0.29, 0.717) is 11.6 Å². The van der Waals surface area contributed by atoms with Crippen molar-refractivity contribution in [2.75, 3.05) is 11.4 Å². The summed E-state index contributed by atoms with van der Waals surface area (Å²) in [5.74, 6) is 0.612. The standard InChI is InChI=1S/C16H25FN2/c1-10-5-6-19(12(3)7-10)16-8-11(2)15(17)9-14(16)13(4)18/h8-10,12-13H,5-7,18H2,1-4H3/t10?,12?,13-/m0/s1. The van der Waals surface area contributed by atoms with Crippen LogP contribution in [-0.2, 0) is 0 Å². The third-order valence-corrected chi connectivity index (χ3v) is 4.25. The summed E-state index contributed by atoms with van der Waals surface area (Å²) in [5.41, 5.74) is 8.76. The number of anilines is 1. The second-order valence-electron chi connectivity index (χ2n) is 6.12. The first-order chi connectivity index (χ1) is 8.90. The largest absolute Gasteiger partial charge is 0.369 e. The van der Waals surface area contributed by atoms with Gasteiger partial charge < -0.3 is 10.6 Å². The normalized spacial score (nSPS) is 25.5. The average molecular weight is 264 g/mol. The Morgan fingerprint density at radius 2 is 2.05 bits per heavy atom. The van der Waals surface area contributed by atoms with Crippen LogP contribution in [-0.4, -0.2) is 12.6 Å². The van der Waals surface area contributed by atoms with E-state index in [1.165, 1.54) is 12.8 Å². The van der Waals surface area contributed by atoms with Crippen molar-refractivity contribution in [2.24, 2.45) is 11.7 Å². The molecular weight excluding hydrogens is 239 g/mol. The van der Waals surface area contributed by atoms with Crippen molar-refractivity contribution in [3.63, 3.8) is 0 Å². The highest BCUT2D eigenvalue weighted by molar-refractivity contribution is 5.58. The predicted octanol–water partition coefficient (Wildman–Crippen LogP) is 3.78. The number of halogens is 1. The molecule has 2 rings (SSSR count). The van der Waals surface area contributed by atoms with Crippen molar-refractivity contribution in [3.05, 3.63) is 29.1 Å². The molecule has 3 heteroatoms. The van der Waals surface area contributed by atoms with E-state index in [4.69, 9.17) is 5.73 Å². The second kappa shape index (κ2) is 5.49. The monoisotopic (exact) mass is 264 g/mol. The van der Waals surface area contributed by atoms with Gasteiger partial charge in [0.15, 0.2) is 0 Å². The average Bonchev–Trinajstić information content (AvgIpc) is 2.32. The second-order valence-corrected chi connectivity index (χ2v) is 6.12. The van der Waals surface area contributed by atoms with Crippen LogP contribution in [0, 0.1) is 18.7 Å². The minimum atomic E-state index is -0.158. The zero-order chi connectivity index (χ0) is 14.2. The van der Waals surface area contributed by atoms with E-state index in [-0.39, 0.29) is 11.9 Å². The molecule has 3 atom stereocenters. The number of aryl methyl sites for hydroxylation is 1. The van der Waals surface area contributed by atoms with Gasteiger partial charge in [0, 0.05) is 24.3 Å². The number of piperidine rings is 1. The molecule has 0 aliphatic carbocycles. The van der Waals surface area contributed by atoms with E-state index in [1.54, 1.807) is 6.07 Å². The fraction of sp³-hybridized carbons (Fsp3) is 0.625. The predicted molar refractivity (Wildman–Crippen MR) is 78.9 cm³/mol. The fourth-order valence-electron chi connectivity index (χ4n) is 3.06. The highest BCUT2D eigenvalue weighted by Gasteiger charge is 2.26. The number of nitrogens with zero attached hydrogens (tertiary/aromatic N) is 1. The lowest BCUT2D eigenvalue weighted by atomic mass is 9.91. The van der Waals surface area contributed by atoms with Crippen molar-refractivity contribution < 1.29 is 4.39 Å². The first-order valence-electron chi connectivity index (χ1n) is 7.22. The molecule has 1 aliphatic rings. The molecule has 0 saturated carbocycles. The van der Waals surface area contributed by atoms with Gasteiger partial charge in [-0.05, 0) is 62.8 Å². The first kappa shape index (κ1) is 14.3. The fourth-order valence-corrected chi connectivity index (χ4v) is 3.06. The van der Waals surface area contributed by atoms with Gasteiger partial charge in [-0.15, -0.1) is 0 Å². The molecule has 0 amide bonds. The van der Waals surface area contributed by atoms with Crippen LogP contribution in [0.2, 0.25) is 0 Å². The maximum Gasteiger partial charge on any atom is 0.126 e. The summed E-state index contributed by atoms with van der Waals surface area (Å²) in [4.78, 5) is 2.39. The van der Waals surface area contributed by atoms with Gasteiger partial charge in [-0.3, -0.25) is 0 Å². The van der Waals surface area contributed by atoms with Gasteiger partial charge in [-0.1, -0.05) is 6.92 Å². The lowest BCUT2D eigenvalue weighted by Crippen LogP contribution is -2.41. The highest BCUT2D eigenvalue weighted by atomic mass is 19.1. The molecule has 1 saturated heterocycles. The van der Waals surface area contributed by atoms with Gasteiger partial charge >= 0.3 is 0 Å². The Bertz CT molecular complexity index is 456. The quantitative estimate of drug-likeness (QED) is 0.881. The molecule has 1 fully saturated rings. The molecule has 19 heavy (non-hydrogen) atoms. The van der Waals surface area contributed by atoms with E-state index < -0.39 is 0 Å². The van der Waals surface area contributed by atoms with E-state index in [1.807, 2.05) is 19.9 Å². The van der Waals surface area contributed by atoms with Crippen molar-refractivity contribution in [3.8, 4) is 0 Å². The van der Waals surface area contributed by atoms with Gasteiger partial charge in [-0.2, -0.15) is 0 Å². The van der Waals surface area contributed by atoms with Crippen molar-refractivity contribution in [1.82, 2.24) is 0 Å². The molecule has 0 aromatic heterocycles. The molecule has 0 radical (unpaired) electrons. The molecule has 0 spiro atoms. The number of benzene rings is 1. The minimum Gasteiger partial charge on any atom is -0.369 e. The Labute approximate surface area is 115 Å². The van der Waals surface area contributed by atoms with Gasteiger partial charge in [-0.25, -0.2) is 4.39 Å². The summed E-state index contributed by atoms with van der Waals surface area (Å²) in [6.07, 6.45) is 2.38. The lowest BCUT2D eigenvalue weighted by molar-refractivity contribution is 0.377. The Morgan fingerprint density at radius 3 is 2.63 bits per heavy atom. The molecule has 1 heterocycles. The third kappa shape index (κ3) is 2.92. The molecule has 1 aliphatic heterocycles. The highest BCUT2D eigenvalue weighted by Crippen LogP contribution is 2.34. The Kier molecular flexibility index (Phi) is 4.14. The maximum atomic E-state index is 13.8. The smallest absolute Gasteiger partial charge is 0.126 e. The summed E-state index contributed by atoms with van der Waals surface area (Å²) in [5, 5.41) is 0. The zero-order valence-electron chi connectivity index (χ0n) is 12.4. The van der Waals surface area contributed by atoms with Crippen molar-refractivity contribution in [1.29, 1.82) is 0 Å². The third-order valence-electron chi connectivity index (χ3n) is 4.25. The van der Waals surface area contributed by atoms with E-state index in [0.717, 1.165) is 23.7 Å². The summed E-state index contributed by atoms with van der Waals surface area (Å²) < 4.78 is 13.8. The van der Waals surface area contributed by atoms with Crippen molar-refractivity contribution >= 4 is 5.69 Å². The van der Waals surface area contributed by atoms with Crippen LogP contribution >= 0.6 is 0 Å². The van der Waals surface area contributed by atoms with Gasteiger partial charge in [0.25, 0.3) is 0 Å².